The van der Waals surface area contributed by atoms with Gasteiger partial charge in [0.05, 0.1) is 13.1 Å². The fourth-order valence-electron chi connectivity index (χ4n) is 3.04. The van der Waals surface area contributed by atoms with Gasteiger partial charge in [-0.1, -0.05) is 6.92 Å². The fourth-order valence-corrected chi connectivity index (χ4v) is 3.04. The summed E-state index contributed by atoms with van der Waals surface area (Å²) in [6, 6.07) is 5.24. The number of rotatable bonds is 7. The third-order valence-corrected chi connectivity index (χ3v) is 4.87. The molecule has 1 amide bonds. The maximum Gasteiger partial charge on any atom is 0.234 e. The molecule has 0 saturated heterocycles. The Kier molecular flexibility index (Phi) is 3.29. The minimum atomic E-state index is 0.173. The number of nitrogens with zero attached hydrogens (tertiary/aromatic N) is 1. The molecule has 0 aromatic carbocycles. The lowest BCUT2D eigenvalue weighted by Crippen LogP contribution is -2.38. The van der Waals surface area contributed by atoms with E-state index >= 15 is 0 Å². The van der Waals surface area contributed by atoms with Crippen molar-refractivity contribution in [2.75, 3.05) is 6.54 Å². The lowest BCUT2D eigenvalue weighted by Gasteiger charge is -2.20. The zero-order valence-electron chi connectivity index (χ0n) is 12.7. The molecule has 4 heteroatoms. The van der Waals surface area contributed by atoms with Crippen LogP contribution >= 0.6 is 0 Å². The van der Waals surface area contributed by atoms with Crippen molar-refractivity contribution in [3.05, 3.63) is 23.7 Å². The van der Waals surface area contributed by atoms with Crippen LogP contribution in [-0.4, -0.2) is 29.4 Å². The maximum atomic E-state index is 12.0. The van der Waals surface area contributed by atoms with Gasteiger partial charge in [-0.25, -0.2) is 0 Å². The predicted molar refractivity (Wildman–Crippen MR) is 79.8 cm³/mol. The van der Waals surface area contributed by atoms with Crippen molar-refractivity contribution in [3.8, 4) is 0 Å². The molecule has 0 bridgehead atoms. The molecule has 21 heavy (non-hydrogen) atoms. The molecule has 3 saturated carbocycles. The average molecular weight is 288 g/mol. The number of hydrogen-bond acceptors (Lipinski definition) is 3. The summed E-state index contributed by atoms with van der Waals surface area (Å²) in [4.78, 5) is 14.3. The molecule has 4 nitrogen and oxygen atoms in total. The lowest BCUT2D eigenvalue weighted by molar-refractivity contribution is -0.122. The summed E-state index contributed by atoms with van der Waals surface area (Å²) in [5.41, 5.74) is 0. The van der Waals surface area contributed by atoms with Gasteiger partial charge in [-0.2, -0.15) is 0 Å². The van der Waals surface area contributed by atoms with Gasteiger partial charge in [0.2, 0.25) is 5.91 Å². The van der Waals surface area contributed by atoms with Gasteiger partial charge in [0.15, 0.2) is 0 Å². The highest BCUT2D eigenvalue weighted by Gasteiger charge is 2.37. The third-order valence-electron chi connectivity index (χ3n) is 4.87. The topological polar surface area (TPSA) is 45.5 Å². The summed E-state index contributed by atoms with van der Waals surface area (Å²) in [5.74, 6) is 3.72. The van der Waals surface area contributed by atoms with Crippen molar-refractivity contribution >= 4 is 5.91 Å². The number of nitrogens with one attached hydrogen (secondary N) is 1. The number of carbonyl (C=O) groups is 1. The molecule has 1 aromatic heterocycles. The molecule has 3 aliphatic carbocycles. The SMILES string of the molecule is CC1CC1c1ccc(CN(CC(=O)NC2CC2)C2CC2)o1. The molecule has 2 unspecified atom stereocenters. The maximum absolute atomic E-state index is 12.0. The molecule has 1 heterocycles. The molecule has 0 aliphatic heterocycles. The molecule has 2 atom stereocenters. The highest BCUT2D eigenvalue weighted by Crippen LogP contribution is 2.47. The summed E-state index contributed by atoms with van der Waals surface area (Å²) >= 11 is 0. The van der Waals surface area contributed by atoms with Crippen LogP contribution in [0.15, 0.2) is 16.5 Å². The van der Waals surface area contributed by atoms with Gasteiger partial charge in [-0.05, 0) is 50.2 Å². The second-order valence-electron chi connectivity index (χ2n) is 7.10. The summed E-state index contributed by atoms with van der Waals surface area (Å²) in [6.07, 6.45) is 5.98. The Morgan fingerprint density at radius 3 is 2.71 bits per heavy atom. The van der Waals surface area contributed by atoms with Gasteiger partial charge in [-0.3, -0.25) is 9.69 Å². The highest BCUT2D eigenvalue weighted by atomic mass is 16.3. The fraction of sp³-hybridized carbons (Fsp3) is 0.706. The first-order valence-corrected chi connectivity index (χ1v) is 8.31. The Balaban J connectivity index is 1.35. The summed E-state index contributed by atoms with van der Waals surface area (Å²) < 4.78 is 5.99. The zero-order valence-corrected chi connectivity index (χ0v) is 12.7. The van der Waals surface area contributed by atoms with Gasteiger partial charge < -0.3 is 9.73 Å². The van der Waals surface area contributed by atoms with E-state index in [0.717, 1.165) is 36.8 Å². The lowest BCUT2D eigenvalue weighted by atomic mass is 10.3. The monoisotopic (exact) mass is 288 g/mol. The van der Waals surface area contributed by atoms with E-state index in [1.54, 1.807) is 0 Å². The Labute approximate surface area is 125 Å². The van der Waals surface area contributed by atoms with Crippen molar-refractivity contribution in [1.82, 2.24) is 10.2 Å². The first kappa shape index (κ1) is 13.4. The van der Waals surface area contributed by atoms with Crippen molar-refractivity contribution in [3.63, 3.8) is 0 Å². The number of carbonyl (C=O) groups excluding carboxylic acids is 1. The zero-order chi connectivity index (χ0) is 14.4. The van der Waals surface area contributed by atoms with E-state index in [1.807, 2.05) is 0 Å². The minimum absolute atomic E-state index is 0.173. The molecule has 3 fully saturated rings. The average Bonchev–Trinajstić information content (AvgIpc) is 3.29. The number of hydrogen-bond donors (Lipinski definition) is 1. The molecule has 114 valence electrons. The van der Waals surface area contributed by atoms with Crippen LogP contribution in [0.3, 0.4) is 0 Å². The van der Waals surface area contributed by atoms with E-state index < -0.39 is 0 Å². The molecule has 0 radical (unpaired) electrons. The van der Waals surface area contributed by atoms with E-state index in [-0.39, 0.29) is 5.91 Å². The molecule has 1 aromatic rings. The van der Waals surface area contributed by atoms with Crippen LogP contribution in [0.2, 0.25) is 0 Å². The van der Waals surface area contributed by atoms with E-state index in [4.69, 9.17) is 4.42 Å². The van der Waals surface area contributed by atoms with Crippen LogP contribution in [0.5, 0.6) is 0 Å². The standard InChI is InChI=1S/C17H24N2O2/c1-11-8-15(11)16-7-6-14(21-16)9-19(13-4-5-13)10-17(20)18-12-2-3-12/h6-7,11-13,15H,2-5,8-10H2,1H3,(H,18,20). The first-order chi connectivity index (χ1) is 10.2. The summed E-state index contributed by atoms with van der Waals surface area (Å²) in [7, 11) is 0. The largest absolute Gasteiger partial charge is 0.464 e. The van der Waals surface area contributed by atoms with Crippen LogP contribution in [-0.2, 0) is 11.3 Å². The first-order valence-electron chi connectivity index (χ1n) is 8.31. The van der Waals surface area contributed by atoms with E-state index in [0.29, 0.717) is 24.5 Å². The second kappa shape index (κ2) is 5.16. The quantitative estimate of drug-likeness (QED) is 0.839. The minimum Gasteiger partial charge on any atom is -0.464 e. The molecular formula is C17H24N2O2. The van der Waals surface area contributed by atoms with Crippen LogP contribution < -0.4 is 5.32 Å². The number of furan rings is 1. The van der Waals surface area contributed by atoms with E-state index in [2.05, 4.69) is 29.3 Å². The summed E-state index contributed by atoms with van der Waals surface area (Å²) in [5, 5.41) is 3.08. The van der Waals surface area contributed by atoms with Crippen molar-refractivity contribution < 1.29 is 9.21 Å². The number of amides is 1. The normalized spacial score (nSPS) is 27.9. The predicted octanol–water partition coefficient (Wildman–Crippen LogP) is 2.65. The van der Waals surface area contributed by atoms with Crippen molar-refractivity contribution in [2.45, 2.75) is 63.6 Å². The second-order valence-corrected chi connectivity index (χ2v) is 7.10. The van der Waals surface area contributed by atoms with Gasteiger partial charge >= 0.3 is 0 Å². The van der Waals surface area contributed by atoms with Crippen LogP contribution in [0.25, 0.3) is 0 Å². The third kappa shape index (κ3) is 3.31. The Bertz CT molecular complexity index is 531. The van der Waals surface area contributed by atoms with Gasteiger partial charge in [0, 0.05) is 18.0 Å². The molecule has 3 aliphatic rings. The molecule has 0 spiro atoms. The van der Waals surface area contributed by atoms with Gasteiger partial charge in [0.25, 0.3) is 0 Å². The summed E-state index contributed by atoms with van der Waals surface area (Å²) in [6.45, 7) is 3.55. The van der Waals surface area contributed by atoms with Crippen molar-refractivity contribution in [1.29, 1.82) is 0 Å². The van der Waals surface area contributed by atoms with Crippen LogP contribution in [0.1, 0.15) is 56.5 Å². The van der Waals surface area contributed by atoms with Crippen LogP contribution in [0.4, 0.5) is 0 Å². The Morgan fingerprint density at radius 2 is 2.10 bits per heavy atom. The molecule has 1 N–H and O–H groups in total. The van der Waals surface area contributed by atoms with Crippen molar-refractivity contribution in [2.24, 2.45) is 5.92 Å². The Hall–Kier alpha value is -1.29. The smallest absolute Gasteiger partial charge is 0.234 e. The van der Waals surface area contributed by atoms with Gasteiger partial charge in [-0.15, -0.1) is 0 Å². The molecule has 4 rings (SSSR count). The Morgan fingerprint density at radius 1 is 1.33 bits per heavy atom. The van der Waals surface area contributed by atoms with E-state index in [1.165, 1.54) is 19.3 Å². The highest BCUT2D eigenvalue weighted by molar-refractivity contribution is 5.78. The van der Waals surface area contributed by atoms with Crippen LogP contribution in [0, 0.1) is 5.92 Å². The van der Waals surface area contributed by atoms with E-state index in [9.17, 15) is 4.79 Å². The molecular weight excluding hydrogens is 264 g/mol. The van der Waals surface area contributed by atoms with Gasteiger partial charge in [0.1, 0.15) is 11.5 Å².